The molecule has 1 aliphatic heterocycles. The highest BCUT2D eigenvalue weighted by Gasteiger charge is 2.36. The minimum Gasteiger partial charge on any atom is -0.480 e. The van der Waals surface area contributed by atoms with Gasteiger partial charge in [-0.1, -0.05) is 18.2 Å². The number of aliphatic carboxylic acids is 1. The molecule has 2 aromatic rings. The number of hydrogen-bond donors (Lipinski definition) is 1. The van der Waals surface area contributed by atoms with Gasteiger partial charge in [0.2, 0.25) is 0 Å². The number of anilines is 2. The van der Waals surface area contributed by atoms with E-state index in [1.165, 1.54) is 11.0 Å². The van der Waals surface area contributed by atoms with Gasteiger partial charge in [0.15, 0.2) is 5.82 Å². The summed E-state index contributed by atoms with van der Waals surface area (Å²) in [5.41, 5.74) is 0.816. The molecule has 0 saturated heterocycles. The second kappa shape index (κ2) is 5.79. The lowest BCUT2D eigenvalue weighted by Gasteiger charge is -2.24. The summed E-state index contributed by atoms with van der Waals surface area (Å²) in [5.74, 6) is -0.891. The summed E-state index contributed by atoms with van der Waals surface area (Å²) >= 11 is 0. The summed E-state index contributed by atoms with van der Waals surface area (Å²) in [6, 6.07) is 8.67. The molecule has 0 bridgehead atoms. The van der Waals surface area contributed by atoms with Gasteiger partial charge in [0, 0.05) is 18.2 Å². The smallest absolute Gasteiger partial charge is 0.327 e. The van der Waals surface area contributed by atoms with Crippen LogP contribution in [0.15, 0.2) is 41.2 Å². The van der Waals surface area contributed by atoms with Crippen molar-refractivity contribution in [3.8, 4) is 0 Å². The largest absolute Gasteiger partial charge is 0.480 e. The van der Waals surface area contributed by atoms with Gasteiger partial charge in [-0.25, -0.2) is 18.3 Å². The molecule has 2 heterocycles. The van der Waals surface area contributed by atoms with Crippen molar-refractivity contribution in [1.82, 2.24) is 9.78 Å². The van der Waals surface area contributed by atoms with Gasteiger partial charge >= 0.3 is 5.97 Å². The number of benzene rings is 1. The fourth-order valence-corrected chi connectivity index (χ4v) is 2.69. The second-order valence-corrected chi connectivity index (χ2v) is 5.16. The lowest BCUT2D eigenvalue weighted by molar-refractivity contribution is -0.138. The molecule has 6 nitrogen and oxygen atoms in total. The van der Waals surface area contributed by atoms with Gasteiger partial charge in [-0.15, -0.1) is 0 Å². The Morgan fingerprint density at radius 3 is 2.74 bits per heavy atom. The van der Waals surface area contributed by atoms with Crippen LogP contribution in [0.1, 0.15) is 5.56 Å². The number of aromatic nitrogens is 2. The molecule has 0 spiro atoms. The van der Waals surface area contributed by atoms with Crippen molar-refractivity contribution in [1.29, 1.82) is 0 Å². The van der Waals surface area contributed by atoms with Crippen LogP contribution in [0, 0.1) is 0 Å². The van der Waals surface area contributed by atoms with E-state index in [9.17, 15) is 23.5 Å². The highest BCUT2D eigenvalue weighted by atomic mass is 19.3. The van der Waals surface area contributed by atoms with Crippen molar-refractivity contribution in [3.63, 3.8) is 0 Å². The third-order valence-electron chi connectivity index (χ3n) is 3.67. The molecule has 0 fully saturated rings. The SMILES string of the molecule is O=C(O)C1Cc2ccccc2N1c1ccc(=O)n(CC(F)F)n1. The minimum absolute atomic E-state index is 0.155. The van der Waals surface area contributed by atoms with Gasteiger partial charge in [0.1, 0.15) is 12.6 Å². The van der Waals surface area contributed by atoms with Crippen molar-refractivity contribution in [2.45, 2.75) is 25.4 Å². The zero-order chi connectivity index (χ0) is 16.6. The average molecular weight is 321 g/mol. The van der Waals surface area contributed by atoms with Crippen LogP contribution >= 0.6 is 0 Å². The van der Waals surface area contributed by atoms with Crippen LogP contribution in [0.4, 0.5) is 20.3 Å². The Labute approximate surface area is 129 Å². The molecule has 3 rings (SSSR count). The van der Waals surface area contributed by atoms with Gasteiger partial charge in [0.05, 0.1) is 0 Å². The van der Waals surface area contributed by atoms with E-state index in [4.69, 9.17) is 0 Å². The Hall–Kier alpha value is -2.77. The number of hydrogen-bond acceptors (Lipinski definition) is 4. The molecule has 0 aliphatic carbocycles. The molecule has 0 saturated carbocycles. The number of carbonyl (C=O) groups is 1. The maximum atomic E-state index is 12.5. The molecule has 1 aromatic carbocycles. The standard InChI is InChI=1S/C15H13F2N3O3/c16-12(17)8-19-14(21)6-5-13(18-19)20-10-4-2-1-3-9(10)7-11(20)15(22)23/h1-6,11-12H,7-8H2,(H,22,23). The molecule has 8 heteroatoms. The molecule has 0 radical (unpaired) electrons. The molecule has 1 N–H and O–H groups in total. The van der Waals surface area contributed by atoms with Crippen LogP contribution in [0.3, 0.4) is 0 Å². The normalized spacial score (nSPS) is 16.7. The van der Waals surface area contributed by atoms with Crippen molar-refractivity contribution in [3.05, 3.63) is 52.3 Å². The number of carboxylic acids is 1. The fourth-order valence-electron chi connectivity index (χ4n) is 2.69. The van der Waals surface area contributed by atoms with Crippen molar-refractivity contribution in [2.75, 3.05) is 4.90 Å². The van der Waals surface area contributed by atoms with Crippen molar-refractivity contribution >= 4 is 17.5 Å². The molecule has 1 atom stereocenters. The number of fused-ring (bicyclic) bond motifs is 1. The highest BCUT2D eigenvalue weighted by molar-refractivity contribution is 5.86. The first kappa shape index (κ1) is 15.1. The Morgan fingerprint density at radius 2 is 2.04 bits per heavy atom. The molecular formula is C15H13F2N3O3. The Bertz CT molecular complexity index is 807. The topological polar surface area (TPSA) is 75.4 Å². The zero-order valence-corrected chi connectivity index (χ0v) is 11.9. The van der Waals surface area contributed by atoms with Gasteiger partial charge in [0.25, 0.3) is 12.0 Å². The monoisotopic (exact) mass is 321 g/mol. The van der Waals surface area contributed by atoms with Crippen LogP contribution in [-0.2, 0) is 17.8 Å². The van der Waals surface area contributed by atoms with Gasteiger partial charge in [-0.2, -0.15) is 5.10 Å². The molecule has 1 unspecified atom stereocenters. The third-order valence-corrected chi connectivity index (χ3v) is 3.67. The van der Waals surface area contributed by atoms with E-state index < -0.39 is 30.5 Å². The lowest BCUT2D eigenvalue weighted by Crippen LogP contribution is -2.37. The quantitative estimate of drug-likeness (QED) is 0.927. The first-order valence-corrected chi connectivity index (χ1v) is 6.93. The maximum absolute atomic E-state index is 12.5. The highest BCUT2D eigenvalue weighted by Crippen LogP contribution is 2.37. The Kier molecular flexibility index (Phi) is 3.81. The number of halogens is 2. The van der Waals surface area contributed by atoms with E-state index in [2.05, 4.69) is 5.10 Å². The first-order chi connectivity index (χ1) is 11.0. The van der Waals surface area contributed by atoms with Crippen LogP contribution in [0.5, 0.6) is 0 Å². The molecule has 0 amide bonds. The number of nitrogens with zero attached hydrogens (tertiary/aromatic N) is 3. The van der Waals surface area contributed by atoms with E-state index in [0.717, 1.165) is 11.6 Å². The summed E-state index contributed by atoms with van der Waals surface area (Å²) in [4.78, 5) is 24.6. The van der Waals surface area contributed by atoms with Crippen LogP contribution in [0.2, 0.25) is 0 Å². The number of alkyl halides is 2. The van der Waals surface area contributed by atoms with Crippen LogP contribution in [-0.4, -0.2) is 33.3 Å². The second-order valence-electron chi connectivity index (χ2n) is 5.16. The van der Waals surface area contributed by atoms with E-state index in [-0.39, 0.29) is 12.2 Å². The summed E-state index contributed by atoms with van der Waals surface area (Å²) in [6.07, 6.45) is -2.45. The minimum atomic E-state index is -2.73. The van der Waals surface area contributed by atoms with E-state index in [1.807, 2.05) is 0 Å². The summed E-state index contributed by atoms with van der Waals surface area (Å²) in [7, 11) is 0. The van der Waals surface area contributed by atoms with Crippen molar-refractivity contribution in [2.24, 2.45) is 0 Å². The van der Waals surface area contributed by atoms with Crippen molar-refractivity contribution < 1.29 is 18.7 Å². The molecule has 23 heavy (non-hydrogen) atoms. The number of carboxylic acid groups (broad SMARTS) is 1. The van der Waals surface area contributed by atoms with Crippen LogP contribution in [0.25, 0.3) is 0 Å². The Balaban J connectivity index is 2.08. The lowest BCUT2D eigenvalue weighted by atomic mass is 10.1. The Morgan fingerprint density at radius 1 is 1.30 bits per heavy atom. The van der Waals surface area contributed by atoms with E-state index >= 15 is 0 Å². The average Bonchev–Trinajstić information content (AvgIpc) is 2.89. The number of rotatable bonds is 4. The van der Waals surface area contributed by atoms with Gasteiger partial charge in [-0.05, 0) is 17.7 Å². The number of para-hydroxylation sites is 1. The molecular weight excluding hydrogens is 308 g/mol. The zero-order valence-electron chi connectivity index (χ0n) is 11.9. The van der Waals surface area contributed by atoms with E-state index in [0.29, 0.717) is 10.4 Å². The van der Waals surface area contributed by atoms with Gasteiger partial charge in [-0.3, -0.25) is 4.79 Å². The summed E-state index contributed by atoms with van der Waals surface area (Å²) in [5, 5.41) is 13.3. The third kappa shape index (κ3) is 2.79. The molecule has 120 valence electrons. The van der Waals surface area contributed by atoms with E-state index in [1.54, 1.807) is 24.3 Å². The van der Waals surface area contributed by atoms with Gasteiger partial charge < -0.3 is 10.0 Å². The maximum Gasteiger partial charge on any atom is 0.327 e. The summed E-state index contributed by atoms with van der Waals surface area (Å²) in [6.45, 7) is -0.833. The molecule has 1 aliphatic rings. The first-order valence-electron chi connectivity index (χ1n) is 6.93. The summed E-state index contributed by atoms with van der Waals surface area (Å²) < 4.78 is 25.7. The molecule has 1 aromatic heterocycles. The predicted octanol–water partition coefficient (Wildman–Crippen LogP) is 1.66. The predicted molar refractivity (Wildman–Crippen MR) is 78.2 cm³/mol. The fraction of sp³-hybridized carbons (Fsp3) is 0.267. The van der Waals surface area contributed by atoms with Crippen LogP contribution < -0.4 is 10.5 Å².